The molecule has 0 amide bonds. The summed E-state index contributed by atoms with van der Waals surface area (Å²) in [6.07, 6.45) is 4.61. The number of piperidine rings is 1. The Bertz CT molecular complexity index is 542. The first-order valence-electron chi connectivity index (χ1n) is 7.90. The molecule has 122 valence electrons. The van der Waals surface area contributed by atoms with Gasteiger partial charge in [0.2, 0.25) is 0 Å². The first-order chi connectivity index (χ1) is 10.1. The van der Waals surface area contributed by atoms with Crippen LogP contribution < -0.4 is 5.73 Å². The number of nitrogens with zero attached hydrogens (tertiary/aromatic N) is 2. The second kappa shape index (κ2) is 7.15. The lowest BCUT2D eigenvalue weighted by atomic mass is 9.96. The molecule has 2 aliphatic rings. The van der Waals surface area contributed by atoms with Crippen LogP contribution in [0.5, 0.6) is 0 Å². The molecular weight excluding hydrogens is 392 g/mol. The summed E-state index contributed by atoms with van der Waals surface area (Å²) in [6.45, 7) is 4.94. The fourth-order valence-electron chi connectivity index (χ4n) is 3.24. The third-order valence-electron chi connectivity index (χ3n) is 4.82. The molecule has 3 nitrogen and oxygen atoms in total. The molecule has 1 unspecified atom stereocenters. The van der Waals surface area contributed by atoms with Gasteiger partial charge < -0.3 is 10.6 Å². The molecule has 3 rings (SSSR count). The molecule has 0 radical (unpaired) electrons. The number of halogens is 2. The van der Waals surface area contributed by atoms with Gasteiger partial charge in [0.1, 0.15) is 5.82 Å². The van der Waals surface area contributed by atoms with Crippen molar-refractivity contribution in [3.05, 3.63) is 35.6 Å². The lowest BCUT2D eigenvalue weighted by molar-refractivity contribution is 0.270. The van der Waals surface area contributed by atoms with Crippen LogP contribution >= 0.6 is 24.0 Å². The highest BCUT2D eigenvalue weighted by Gasteiger charge is 2.44. The first kappa shape index (κ1) is 17.5. The SMILES string of the molecule is CC1CCCN(C(N)=NCC2(c3cccc(F)c3)CC2)C1.I. The Balaban J connectivity index is 0.00000176. The summed E-state index contributed by atoms with van der Waals surface area (Å²) in [5.41, 5.74) is 7.24. The average Bonchev–Trinajstić information content (AvgIpc) is 3.26. The van der Waals surface area contributed by atoms with Gasteiger partial charge in [0.25, 0.3) is 0 Å². The van der Waals surface area contributed by atoms with Gasteiger partial charge in [0.15, 0.2) is 5.96 Å². The third-order valence-corrected chi connectivity index (χ3v) is 4.82. The molecule has 1 aromatic carbocycles. The molecule has 0 bridgehead atoms. The molecule has 1 saturated heterocycles. The molecular formula is C17H25FIN3. The Kier molecular flexibility index (Phi) is 5.69. The molecule has 1 saturated carbocycles. The quantitative estimate of drug-likeness (QED) is 0.465. The van der Waals surface area contributed by atoms with E-state index in [4.69, 9.17) is 5.73 Å². The largest absolute Gasteiger partial charge is 0.370 e. The van der Waals surface area contributed by atoms with Crippen molar-refractivity contribution < 1.29 is 4.39 Å². The lowest BCUT2D eigenvalue weighted by Gasteiger charge is -2.32. The van der Waals surface area contributed by atoms with Gasteiger partial charge in [-0.15, -0.1) is 24.0 Å². The van der Waals surface area contributed by atoms with Gasteiger partial charge in [-0.3, -0.25) is 4.99 Å². The number of aliphatic imine (C=N–C) groups is 1. The third kappa shape index (κ3) is 3.91. The van der Waals surface area contributed by atoms with Crippen LogP contribution in [0.2, 0.25) is 0 Å². The van der Waals surface area contributed by atoms with Crippen molar-refractivity contribution in [1.29, 1.82) is 0 Å². The molecule has 5 heteroatoms. The highest BCUT2D eigenvalue weighted by Crippen LogP contribution is 2.48. The van der Waals surface area contributed by atoms with Gasteiger partial charge in [-0.25, -0.2) is 4.39 Å². The van der Waals surface area contributed by atoms with E-state index in [2.05, 4.69) is 16.8 Å². The number of likely N-dealkylation sites (tertiary alicyclic amines) is 1. The van der Waals surface area contributed by atoms with E-state index in [0.29, 0.717) is 18.4 Å². The molecule has 2 fully saturated rings. The molecule has 0 spiro atoms. The highest BCUT2D eigenvalue weighted by molar-refractivity contribution is 14.0. The standard InChI is InChI=1S/C17H24FN3.HI/c1-13-4-3-9-21(11-13)16(19)20-12-17(7-8-17)14-5-2-6-15(18)10-14;/h2,5-6,10,13H,3-4,7-9,11-12H2,1H3,(H2,19,20);1H. The Morgan fingerprint density at radius 1 is 1.45 bits per heavy atom. The van der Waals surface area contributed by atoms with Crippen LogP contribution in [0, 0.1) is 11.7 Å². The topological polar surface area (TPSA) is 41.6 Å². The van der Waals surface area contributed by atoms with E-state index in [1.807, 2.05) is 6.07 Å². The van der Waals surface area contributed by atoms with Gasteiger partial charge in [0, 0.05) is 18.5 Å². The molecule has 1 aliphatic carbocycles. The molecule has 1 heterocycles. The van der Waals surface area contributed by atoms with Crippen molar-refractivity contribution in [2.45, 2.75) is 38.0 Å². The number of hydrogen-bond acceptors (Lipinski definition) is 1. The maximum absolute atomic E-state index is 13.4. The summed E-state index contributed by atoms with van der Waals surface area (Å²) in [7, 11) is 0. The van der Waals surface area contributed by atoms with Gasteiger partial charge in [-0.1, -0.05) is 19.1 Å². The van der Waals surface area contributed by atoms with Crippen LogP contribution in [0.25, 0.3) is 0 Å². The Hall–Kier alpha value is -0.850. The minimum absolute atomic E-state index is 0. The fraction of sp³-hybridized carbons (Fsp3) is 0.588. The Labute approximate surface area is 149 Å². The van der Waals surface area contributed by atoms with E-state index >= 15 is 0 Å². The predicted octanol–water partition coefficient (Wildman–Crippen LogP) is 3.52. The summed E-state index contributed by atoms with van der Waals surface area (Å²) >= 11 is 0. The van der Waals surface area contributed by atoms with E-state index in [1.165, 1.54) is 18.9 Å². The van der Waals surface area contributed by atoms with E-state index in [9.17, 15) is 4.39 Å². The van der Waals surface area contributed by atoms with Crippen LogP contribution in [-0.2, 0) is 5.41 Å². The van der Waals surface area contributed by atoms with Gasteiger partial charge >= 0.3 is 0 Å². The molecule has 0 aromatic heterocycles. The molecule has 22 heavy (non-hydrogen) atoms. The molecule has 2 N–H and O–H groups in total. The smallest absolute Gasteiger partial charge is 0.191 e. The summed E-state index contributed by atoms with van der Waals surface area (Å²) in [6, 6.07) is 6.92. The van der Waals surface area contributed by atoms with Crippen LogP contribution in [0.4, 0.5) is 4.39 Å². The van der Waals surface area contributed by atoms with Crippen molar-refractivity contribution in [3.63, 3.8) is 0 Å². The summed E-state index contributed by atoms with van der Waals surface area (Å²) in [4.78, 5) is 6.81. The van der Waals surface area contributed by atoms with Crippen molar-refractivity contribution in [2.24, 2.45) is 16.6 Å². The average molecular weight is 417 g/mol. The van der Waals surface area contributed by atoms with E-state index in [-0.39, 0.29) is 35.2 Å². The molecule has 1 aromatic rings. The second-order valence-corrected chi connectivity index (χ2v) is 6.66. The van der Waals surface area contributed by atoms with Crippen molar-refractivity contribution in [1.82, 2.24) is 4.90 Å². The fourth-order valence-corrected chi connectivity index (χ4v) is 3.24. The van der Waals surface area contributed by atoms with E-state index < -0.39 is 0 Å². The van der Waals surface area contributed by atoms with Crippen LogP contribution in [0.3, 0.4) is 0 Å². The maximum atomic E-state index is 13.4. The Morgan fingerprint density at radius 2 is 2.23 bits per heavy atom. The maximum Gasteiger partial charge on any atom is 0.191 e. The van der Waals surface area contributed by atoms with E-state index in [1.54, 1.807) is 12.1 Å². The van der Waals surface area contributed by atoms with Gasteiger partial charge in [-0.2, -0.15) is 0 Å². The summed E-state index contributed by atoms with van der Waals surface area (Å²) < 4.78 is 13.4. The minimum Gasteiger partial charge on any atom is -0.370 e. The molecule has 1 aliphatic heterocycles. The highest BCUT2D eigenvalue weighted by atomic mass is 127. The predicted molar refractivity (Wildman–Crippen MR) is 99.2 cm³/mol. The Morgan fingerprint density at radius 3 is 2.86 bits per heavy atom. The zero-order chi connectivity index (χ0) is 14.9. The number of rotatable bonds is 3. The zero-order valence-electron chi connectivity index (χ0n) is 13.1. The normalized spacial score (nSPS) is 23.8. The summed E-state index contributed by atoms with van der Waals surface area (Å²) in [5, 5.41) is 0. The van der Waals surface area contributed by atoms with Crippen LogP contribution in [0.1, 0.15) is 38.2 Å². The minimum atomic E-state index is -0.166. The van der Waals surface area contributed by atoms with Gasteiger partial charge in [-0.05, 0) is 49.3 Å². The van der Waals surface area contributed by atoms with Crippen molar-refractivity contribution in [3.8, 4) is 0 Å². The van der Waals surface area contributed by atoms with Crippen molar-refractivity contribution >= 4 is 29.9 Å². The van der Waals surface area contributed by atoms with Crippen LogP contribution in [0.15, 0.2) is 29.3 Å². The number of benzene rings is 1. The number of guanidine groups is 1. The van der Waals surface area contributed by atoms with Crippen molar-refractivity contribution in [2.75, 3.05) is 19.6 Å². The number of hydrogen-bond donors (Lipinski definition) is 1. The monoisotopic (exact) mass is 417 g/mol. The summed E-state index contributed by atoms with van der Waals surface area (Å²) in [5.74, 6) is 1.18. The lowest BCUT2D eigenvalue weighted by Crippen LogP contribution is -2.43. The second-order valence-electron chi connectivity index (χ2n) is 6.66. The van der Waals surface area contributed by atoms with Gasteiger partial charge in [0.05, 0.1) is 6.54 Å². The molecule has 1 atom stereocenters. The zero-order valence-corrected chi connectivity index (χ0v) is 15.4. The number of nitrogens with two attached hydrogens (primary N) is 1. The van der Waals surface area contributed by atoms with Crippen LogP contribution in [-0.4, -0.2) is 30.5 Å². The first-order valence-corrected chi connectivity index (χ1v) is 7.90. The van der Waals surface area contributed by atoms with E-state index in [0.717, 1.165) is 31.5 Å².